The third-order valence-electron chi connectivity index (χ3n) is 5.63. The summed E-state index contributed by atoms with van der Waals surface area (Å²) < 4.78 is 0. The topological polar surface area (TPSA) is 58.2 Å². The van der Waals surface area contributed by atoms with Gasteiger partial charge in [0.15, 0.2) is 0 Å². The van der Waals surface area contributed by atoms with Gasteiger partial charge in [-0.15, -0.1) is 0 Å². The molecule has 2 amide bonds. The highest BCUT2D eigenvalue weighted by molar-refractivity contribution is 5.73. The Bertz CT molecular complexity index is 1230. The third kappa shape index (κ3) is 17.8. The van der Waals surface area contributed by atoms with Gasteiger partial charge in [0.2, 0.25) is 11.8 Å². The van der Waals surface area contributed by atoms with Crippen LogP contribution in [0.15, 0.2) is 72.8 Å². The number of nitrogens with one attached hydrogen (secondary N) is 2. The lowest BCUT2D eigenvalue weighted by Crippen LogP contribution is -2.19. The maximum absolute atomic E-state index is 11.0. The van der Waals surface area contributed by atoms with Gasteiger partial charge >= 0.3 is 0 Å². The Balaban J connectivity index is 0.000000729. The second-order valence-corrected chi connectivity index (χ2v) is 10.4. The van der Waals surface area contributed by atoms with Gasteiger partial charge in [-0.2, -0.15) is 0 Å². The van der Waals surface area contributed by atoms with Crippen molar-refractivity contribution in [3.05, 3.63) is 95.1 Å². The number of hydrogen-bond acceptors (Lipinski definition) is 2. The van der Waals surface area contributed by atoms with Crippen LogP contribution in [-0.2, 0) is 29.0 Å². The number of benzene rings is 3. The van der Waals surface area contributed by atoms with E-state index in [0.717, 1.165) is 24.0 Å². The standard InChI is InChI=1S/C19H23NO.C15H19NO.2C2H6/c1-14(2)11-16-7-9-18(10-8-16)19-6-4-5-17(12-19)13-20-15(3)21;1-12(2)10-15-7-4-6-14(11-15)8-5-9-16-13(3)17;2*1-2/h4-10,12,14H,11,13H2,1-3H3,(H,20,21);4,6-7,11-12H,9-10H2,1-3H3,(H,16,17);2*1-2H3. The molecule has 4 nitrogen and oxygen atoms in total. The van der Waals surface area contributed by atoms with E-state index in [1.807, 2.05) is 52.0 Å². The van der Waals surface area contributed by atoms with Gasteiger partial charge in [0.05, 0.1) is 6.54 Å². The summed E-state index contributed by atoms with van der Waals surface area (Å²) in [7, 11) is 0. The molecule has 228 valence electrons. The van der Waals surface area contributed by atoms with Crippen molar-refractivity contribution >= 4 is 11.8 Å². The molecule has 3 aromatic rings. The highest BCUT2D eigenvalue weighted by atomic mass is 16.1. The third-order valence-corrected chi connectivity index (χ3v) is 5.63. The summed E-state index contributed by atoms with van der Waals surface area (Å²) >= 11 is 0. The molecule has 0 atom stereocenters. The Labute approximate surface area is 256 Å². The van der Waals surface area contributed by atoms with E-state index in [9.17, 15) is 9.59 Å². The highest BCUT2D eigenvalue weighted by Crippen LogP contribution is 2.22. The fraction of sp³-hybridized carbons (Fsp3) is 0.421. The summed E-state index contributed by atoms with van der Waals surface area (Å²) in [6.45, 7) is 20.9. The molecule has 0 aliphatic heterocycles. The van der Waals surface area contributed by atoms with Gasteiger partial charge in [0.1, 0.15) is 0 Å². The lowest BCUT2D eigenvalue weighted by atomic mass is 9.98. The van der Waals surface area contributed by atoms with Crippen LogP contribution in [0.4, 0.5) is 0 Å². The minimum Gasteiger partial charge on any atom is -0.352 e. The minimum absolute atomic E-state index is 0.00144. The predicted octanol–water partition coefficient (Wildman–Crippen LogP) is 8.61. The van der Waals surface area contributed by atoms with Crippen molar-refractivity contribution in [1.82, 2.24) is 10.6 Å². The molecular weight excluding hydrogens is 516 g/mol. The van der Waals surface area contributed by atoms with Gasteiger partial charge in [-0.05, 0) is 70.7 Å². The Kier molecular flexibility index (Phi) is 20.7. The first-order valence-corrected chi connectivity index (χ1v) is 15.4. The summed E-state index contributed by atoms with van der Waals surface area (Å²) in [5.41, 5.74) is 7.22. The number of carbonyl (C=O) groups excluding carboxylic acids is 2. The molecule has 0 fully saturated rings. The Hall–Kier alpha value is -3.84. The molecule has 0 aliphatic carbocycles. The average molecular weight is 571 g/mol. The Morgan fingerprint density at radius 3 is 1.76 bits per heavy atom. The SMILES string of the molecule is CC.CC.CC(=O)NCC#Cc1cccc(CC(C)C)c1.CC(=O)NCc1cccc(-c2ccc(CC(C)C)cc2)c1. The minimum atomic E-state index is -0.0483. The molecule has 0 aromatic heterocycles. The number of hydrogen-bond donors (Lipinski definition) is 2. The van der Waals surface area contributed by atoms with Gasteiger partial charge in [-0.25, -0.2) is 0 Å². The molecule has 3 rings (SSSR count). The second-order valence-electron chi connectivity index (χ2n) is 10.4. The van der Waals surface area contributed by atoms with Gasteiger partial charge in [-0.1, -0.05) is 122 Å². The zero-order chi connectivity index (χ0) is 31.9. The van der Waals surface area contributed by atoms with E-state index in [2.05, 4.69) is 98.7 Å². The molecule has 4 heteroatoms. The van der Waals surface area contributed by atoms with E-state index in [-0.39, 0.29) is 11.8 Å². The zero-order valence-corrected chi connectivity index (χ0v) is 27.7. The fourth-order valence-electron chi connectivity index (χ4n) is 3.95. The average Bonchev–Trinajstić information content (AvgIpc) is 2.97. The van der Waals surface area contributed by atoms with Crippen LogP contribution in [0, 0.1) is 23.7 Å². The largest absolute Gasteiger partial charge is 0.352 e. The maximum atomic E-state index is 11.0. The molecule has 42 heavy (non-hydrogen) atoms. The molecule has 0 saturated heterocycles. The van der Waals surface area contributed by atoms with Gasteiger partial charge < -0.3 is 10.6 Å². The maximum Gasteiger partial charge on any atom is 0.217 e. The van der Waals surface area contributed by atoms with E-state index >= 15 is 0 Å². The summed E-state index contributed by atoms with van der Waals surface area (Å²) in [5, 5.41) is 5.48. The van der Waals surface area contributed by atoms with Crippen LogP contribution in [-0.4, -0.2) is 18.4 Å². The molecule has 0 unspecified atom stereocenters. The van der Waals surface area contributed by atoms with E-state index in [1.165, 1.54) is 36.1 Å². The molecule has 0 aliphatic rings. The van der Waals surface area contributed by atoms with Crippen molar-refractivity contribution < 1.29 is 9.59 Å². The molecule has 2 N–H and O–H groups in total. The molecule has 0 bridgehead atoms. The van der Waals surface area contributed by atoms with E-state index in [1.54, 1.807) is 0 Å². The van der Waals surface area contributed by atoms with Crippen LogP contribution in [0.25, 0.3) is 11.1 Å². The lowest BCUT2D eigenvalue weighted by Gasteiger charge is -2.08. The summed E-state index contributed by atoms with van der Waals surface area (Å²) in [4.78, 5) is 21.6. The zero-order valence-electron chi connectivity index (χ0n) is 27.7. The summed E-state index contributed by atoms with van der Waals surface area (Å²) in [6, 6.07) is 25.3. The second kappa shape index (κ2) is 22.8. The molecule has 3 aromatic carbocycles. The van der Waals surface area contributed by atoms with Crippen LogP contribution in [0.5, 0.6) is 0 Å². The van der Waals surface area contributed by atoms with E-state index in [0.29, 0.717) is 24.9 Å². The van der Waals surface area contributed by atoms with E-state index in [4.69, 9.17) is 0 Å². The smallest absolute Gasteiger partial charge is 0.217 e. The molecule has 0 heterocycles. The van der Waals surface area contributed by atoms with Crippen LogP contribution < -0.4 is 10.6 Å². The van der Waals surface area contributed by atoms with Gasteiger partial charge in [0.25, 0.3) is 0 Å². The van der Waals surface area contributed by atoms with Crippen molar-refractivity contribution in [3.63, 3.8) is 0 Å². The van der Waals surface area contributed by atoms with Gasteiger partial charge in [0, 0.05) is 26.0 Å². The van der Waals surface area contributed by atoms with Crippen molar-refractivity contribution in [3.8, 4) is 23.0 Å². The Morgan fingerprint density at radius 1 is 0.643 bits per heavy atom. The van der Waals surface area contributed by atoms with Crippen LogP contribution in [0.1, 0.15) is 91.5 Å². The van der Waals surface area contributed by atoms with Gasteiger partial charge in [-0.3, -0.25) is 9.59 Å². The first-order valence-electron chi connectivity index (χ1n) is 15.4. The highest BCUT2D eigenvalue weighted by Gasteiger charge is 2.02. The number of rotatable bonds is 8. The Morgan fingerprint density at radius 2 is 1.19 bits per heavy atom. The van der Waals surface area contributed by atoms with Crippen LogP contribution >= 0.6 is 0 Å². The number of amides is 2. The first-order chi connectivity index (χ1) is 20.1. The normalized spacial score (nSPS) is 9.52. The number of carbonyl (C=O) groups is 2. The molecular formula is C38H54N2O2. The predicted molar refractivity (Wildman–Crippen MR) is 181 cm³/mol. The summed E-state index contributed by atoms with van der Waals surface area (Å²) in [5.74, 6) is 7.26. The summed E-state index contributed by atoms with van der Waals surface area (Å²) in [6.07, 6.45) is 2.18. The molecule has 0 radical (unpaired) electrons. The van der Waals surface area contributed by atoms with Crippen LogP contribution in [0.3, 0.4) is 0 Å². The van der Waals surface area contributed by atoms with Crippen molar-refractivity contribution in [2.45, 2.75) is 88.6 Å². The monoisotopic (exact) mass is 570 g/mol. The molecule has 0 saturated carbocycles. The van der Waals surface area contributed by atoms with Crippen molar-refractivity contribution in [2.75, 3.05) is 6.54 Å². The van der Waals surface area contributed by atoms with Crippen LogP contribution in [0.2, 0.25) is 0 Å². The van der Waals surface area contributed by atoms with Crippen molar-refractivity contribution in [1.29, 1.82) is 0 Å². The lowest BCUT2D eigenvalue weighted by molar-refractivity contribution is -0.119. The fourth-order valence-corrected chi connectivity index (χ4v) is 3.95. The first kappa shape index (κ1) is 38.2. The van der Waals surface area contributed by atoms with Crippen molar-refractivity contribution in [2.24, 2.45) is 11.8 Å². The molecule has 0 spiro atoms. The van der Waals surface area contributed by atoms with E-state index < -0.39 is 0 Å². The quantitative estimate of drug-likeness (QED) is 0.266.